The van der Waals surface area contributed by atoms with Crippen LogP contribution in [-0.2, 0) is 0 Å². The molecule has 2 aromatic carbocycles. The molecule has 1 unspecified atom stereocenters. The van der Waals surface area contributed by atoms with Gasteiger partial charge in [-0.05, 0) is 29.4 Å². The van der Waals surface area contributed by atoms with Gasteiger partial charge in [0.1, 0.15) is 5.01 Å². The van der Waals surface area contributed by atoms with E-state index in [4.69, 9.17) is 4.98 Å². The summed E-state index contributed by atoms with van der Waals surface area (Å²) in [7, 11) is 0. The van der Waals surface area contributed by atoms with Crippen molar-refractivity contribution in [3.63, 3.8) is 0 Å². The van der Waals surface area contributed by atoms with Crippen molar-refractivity contribution < 1.29 is 0 Å². The van der Waals surface area contributed by atoms with E-state index >= 15 is 0 Å². The summed E-state index contributed by atoms with van der Waals surface area (Å²) in [4.78, 5) is 5.03. The van der Waals surface area contributed by atoms with Crippen LogP contribution in [0.15, 0.2) is 53.9 Å². The zero-order valence-corrected chi connectivity index (χ0v) is 19.2. The molecular weight excluding hydrogens is 372 g/mol. The van der Waals surface area contributed by atoms with Crippen molar-refractivity contribution in [1.82, 2.24) is 4.98 Å². The van der Waals surface area contributed by atoms with Crippen molar-refractivity contribution in [2.75, 3.05) is 5.32 Å². The van der Waals surface area contributed by atoms with E-state index in [1.165, 1.54) is 35.2 Å². The zero-order chi connectivity index (χ0) is 20.8. The maximum Gasteiger partial charge on any atom is 0.123 e. The van der Waals surface area contributed by atoms with Crippen molar-refractivity contribution >= 4 is 17.0 Å². The molecule has 3 rings (SSSR count). The predicted molar refractivity (Wildman–Crippen MR) is 128 cm³/mol. The highest BCUT2D eigenvalue weighted by Crippen LogP contribution is 2.37. The number of anilines is 1. The molecule has 0 saturated heterocycles. The molecule has 0 aliphatic heterocycles. The second kappa shape index (κ2) is 10.1. The van der Waals surface area contributed by atoms with Crippen LogP contribution in [0.3, 0.4) is 0 Å². The smallest absolute Gasteiger partial charge is 0.123 e. The van der Waals surface area contributed by atoms with Crippen molar-refractivity contribution in [1.29, 1.82) is 0 Å². The van der Waals surface area contributed by atoms with Crippen LogP contribution in [0.4, 0.5) is 5.69 Å². The number of unbranched alkanes of at least 4 members (excludes halogenated alkanes) is 1. The first kappa shape index (κ1) is 21.6. The van der Waals surface area contributed by atoms with Gasteiger partial charge in [-0.1, -0.05) is 96.0 Å². The standard InChI is InChI=1S/C26H34N2S/c1-6-7-16-23(24-17-29-26(28-24)20-12-9-8-10-13-20)27-25-21(18(2)3)14-11-15-22(25)19(4)5/h8-15,17-19,23,27H,6-7,16H2,1-5H3. The van der Waals surface area contributed by atoms with E-state index in [9.17, 15) is 0 Å². The lowest BCUT2D eigenvalue weighted by atomic mass is 9.92. The van der Waals surface area contributed by atoms with Gasteiger partial charge in [0, 0.05) is 16.6 Å². The van der Waals surface area contributed by atoms with Gasteiger partial charge in [0.05, 0.1) is 11.7 Å². The van der Waals surface area contributed by atoms with E-state index in [1.807, 2.05) is 0 Å². The Labute approximate surface area is 180 Å². The van der Waals surface area contributed by atoms with Crippen LogP contribution in [-0.4, -0.2) is 4.98 Å². The van der Waals surface area contributed by atoms with Crippen molar-refractivity contribution in [2.24, 2.45) is 0 Å². The first-order chi connectivity index (χ1) is 14.0. The second-order valence-electron chi connectivity index (χ2n) is 8.40. The number of hydrogen-bond donors (Lipinski definition) is 1. The SMILES string of the molecule is CCCCC(Nc1c(C(C)C)cccc1C(C)C)c1csc(-c2ccccc2)n1. The van der Waals surface area contributed by atoms with Gasteiger partial charge in [0.25, 0.3) is 0 Å². The number of thiazole rings is 1. The Balaban J connectivity index is 1.96. The minimum atomic E-state index is 0.237. The Morgan fingerprint density at radius 2 is 1.55 bits per heavy atom. The fraction of sp³-hybridized carbons (Fsp3) is 0.423. The van der Waals surface area contributed by atoms with Crippen LogP contribution in [0.1, 0.15) is 88.6 Å². The summed E-state index contributed by atoms with van der Waals surface area (Å²) in [6, 6.07) is 17.5. The number of rotatable bonds is 9. The molecule has 0 amide bonds. The van der Waals surface area contributed by atoms with Gasteiger partial charge in [0.2, 0.25) is 0 Å². The van der Waals surface area contributed by atoms with Crippen LogP contribution in [0, 0.1) is 0 Å². The van der Waals surface area contributed by atoms with Gasteiger partial charge in [-0.25, -0.2) is 4.98 Å². The third-order valence-electron chi connectivity index (χ3n) is 5.44. The van der Waals surface area contributed by atoms with Crippen LogP contribution in [0.2, 0.25) is 0 Å². The van der Waals surface area contributed by atoms with E-state index in [2.05, 4.69) is 93.8 Å². The third kappa shape index (κ3) is 5.27. The van der Waals surface area contributed by atoms with Crippen molar-refractivity contribution in [3.05, 3.63) is 70.7 Å². The summed E-state index contributed by atoms with van der Waals surface area (Å²) in [5, 5.41) is 7.28. The van der Waals surface area contributed by atoms with E-state index < -0.39 is 0 Å². The number of benzene rings is 2. The average Bonchev–Trinajstić information content (AvgIpc) is 3.21. The number of hydrogen-bond acceptors (Lipinski definition) is 3. The first-order valence-electron chi connectivity index (χ1n) is 10.9. The fourth-order valence-corrected chi connectivity index (χ4v) is 4.63. The van der Waals surface area contributed by atoms with E-state index in [1.54, 1.807) is 11.3 Å². The molecule has 0 fully saturated rings. The molecule has 1 aromatic heterocycles. The quantitative estimate of drug-likeness (QED) is 0.386. The predicted octanol–water partition coefficient (Wildman–Crippen LogP) is 8.40. The maximum atomic E-state index is 5.03. The summed E-state index contributed by atoms with van der Waals surface area (Å²) in [6.07, 6.45) is 3.48. The van der Waals surface area contributed by atoms with E-state index in [0.717, 1.165) is 17.1 Å². The van der Waals surface area contributed by atoms with Gasteiger partial charge in [-0.3, -0.25) is 0 Å². The molecule has 0 saturated carbocycles. The Morgan fingerprint density at radius 3 is 2.14 bits per heavy atom. The lowest BCUT2D eigenvalue weighted by Crippen LogP contribution is -2.15. The lowest BCUT2D eigenvalue weighted by molar-refractivity contribution is 0.622. The van der Waals surface area contributed by atoms with Crippen LogP contribution < -0.4 is 5.32 Å². The summed E-state index contributed by atoms with van der Waals surface area (Å²) in [5.41, 5.74) is 6.47. The number of nitrogens with one attached hydrogen (secondary N) is 1. The molecule has 2 nitrogen and oxygen atoms in total. The highest BCUT2D eigenvalue weighted by atomic mass is 32.1. The summed E-state index contributed by atoms with van der Waals surface area (Å²) < 4.78 is 0. The highest BCUT2D eigenvalue weighted by molar-refractivity contribution is 7.13. The van der Waals surface area contributed by atoms with Crippen LogP contribution >= 0.6 is 11.3 Å². The number of aromatic nitrogens is 1. The van der Waals surface area contributed by atoms with E-state index in [-0.39, 0.29) is 6.04 Å². The van der Waals surface area contributed by atoms with Gasteiger partial charge >= 0.3 is 0 Å². The molecule has 1 N–H and O–H groups in total. The first-order valence-corrected chi connectivity index (χ1v) is 11.8. The molecule has 3 heteroatoms. The highest BCUT2D eigenvalue weighted by Gasteiger charge is 2.20. The molecule has 0 bridgehead atoms. The minimum absolute atomic E-state index is 0.237. The van der Waals surface area contributed by atoms with Crippen molar-refractivity contribution in [3.8, 4) is 10.6 Å². The average molecular weight is 407 g/mol. The van der Waals surface area contributed by atoms with Gasteiger partial charge in [0.15, 0.2) is 0 Å². The molecule has 3 aromatic rings. The fourth-order valence-electron chi connectivity index (χ4n) is 3.75. The van der Waals surface area contributed by atoms with Gasteiger partial charge in [-0.2, -0.15) is 0 Å². The molecule has 0 radical (unpaired) electrons. The molecule has 0 aliphatic rings. The molecule has 29 heavy (non-hydrogen) atoms. The molecule has 0 aliphatic carbocycles. The number of para-hydroxylation sites is 1. The van der Waals surface area contributed by atoms with E-state index in [0.29, 0.717) is 11.8 Å². The molecule has 1 heterocycles. The molecule has 1 atom stereocenters. The Morgan fingerprint density at radius 1 is 0.897 bits per heavy atom. The number of nitrogens with zero attached hydrogens (tertiary/aromatic N) is 1. The largest absolute Gasteiger partial charge is 0.376 e. The summed E-state index contributed by atoms with van der Waals surface area (Å²) in [5.74, 6) is 0.969. The van der Waals surface area contributed by atoms with Gasteiger partial charge in [-0.15, -0.1) is 11.3 Å². The second-order valence-corrected chi connectivity index (χ2v) is 9.26. The summed E-state index contributed by atoms with van der Waals surface area (Å²) >= 11 is 1.74. The van der Waals surface area contributed by atoms with Crippen LogP contribution in [0.5, 0.6) is 0 Å². The minimum Gasteiger partial charge on any atom is -0.376 e. The topological polar surface area (TPSA) is 24.9 Å². The Hall–Kier alpha value is -2.13. The normalized spacial score (nSPS) is 12.5. The Kier molecular flexibility index (Phi) is 7.49. The molecule has 0 spiro atoms. The van der Waals surface area contributed by atoms with Crippen molar-refractivity contribution in [2.45, 2.75) is 71.8 Å². The maximum absolute atomic E-state index is 5.03. The monoisotopic (exact) mass is 406 g/mol. The lowest BCUT2D eigenvalue weighted by Gasteiger charge is -2.25. The van der Waals surface area contributed by atoms with Gasteiger partial charge < -0.3 is 5.32 Å². The third-order valence-corrected chi connectivity index (χ3v) is 6.35. The zero-order valence-electron chi connectivity index (χ0n) is 18.4. The Bertz CT molecular complexity index is 870. The van der Waals surface area contributed by atoms with Crippen LogP contribution in [0.25, 0.3) is 10.6 Å². The molecule has 154 valence electrons. The summed E-state index contributed by atoms with van der Waals surface area (Å²) in [6.45, 7) is 11.4. The molecular formula is C26H34N2S.